The van der Waals surface area contributed by atoms with Gasteiger partial charge in [0, 0.05) is 19.4 Å². The molecule has 0 spiro atoms. The van der Waals surface area contributed by atoms with Crippen molar-refractivity contribution in [3.8, 4) is 0 Å². The van der Waals surface area contributed by atoms with E-state index < -0.39 is 6.10 Å². The van der Waals surface area contributed by atoms with Crippen LogP contribution >= 0.6 is 0 Å². The quantitative estimate of drug-likeness (QED) is 0.0449. The fraction of sp³-hybridized carbons (Fsp3) is 0.969. The van der Waals surface area contributed by atoms with Gasteiger partial charge in [0.2, 0.25) is 0 Å². The minimum atomic E-state index is -0.525. The van der Waals surface area contributed by atoms with Gasteiger partial charge < -0.3 is 14.2 Å². The van der Waals surface area contributed by atoms with Crippen molar-refractivity contribution in [3.05, 3.63) is 0 Å². The smallest absolute Gasteiger partial charge is 0.306 e. The van der Waals surface area contributed by atoms with E-state index in [4.69, 9.17) is 14.2 Å². The number of rotatable bonds is 62. The molecule has 70 heavy (non-hydrogen) atoms. The fourth-order valence-electron chi connectivity index (χ4n) is 10.3. The monoisotopic (exact) mass is 989 g/mol. The maximum atomic E-state index is 12.9. The second kappa shape index (κ2) is 62.2. The summed E-state index contributed by atoms with van der Waals surface area (Å²) in [5.74, 6) is -0.359. The molecule has 418 valence electrons. The Morgan fingerprint density at radius 2 is 0.471 bits per heavy atom. The first kappa shape index (κ1) is 68.9. The van der Waals surface area contributed by atoms with Crippen molar-refractivity contribution in [3.63, 3.8) is 0 Å². The third-order valence-electron chi connectivity index (χ3n) is 15.1. The largest absolute Gasteiger partial charge is 0.462 e. The van der Waals surface area contributed by atoms with Crippen LogP contribution < -0.4 is 0 Å². The van der Waals surface area contributed by atoms with Gasteiger partial charge in [0.15, 0.2) is 6.10 Å². The van der Waals surface area contributed by atoms with Crippen LogP contribution in [0.15, 0.2) is 0 Å². The van der Waals surface area contributed by atoms with Crippen LogP contribution in [0.25, 0.3) is 0 Å². The Morgan fingerprint density at radius 1 is 0.257 bits per heavy atom. The predicted octanol–water partition coefficient (Wildman–Crippen LogP) is 22.4. The van der Waals surface area contributed by atoms with E-state index in [1.165, 1.54) is 315 Å². The van der Waals surface area contributed by atoms with Crippen molar-refractivity contribution in [1.82, 2.24) is 0 Å². The standard InChI is InChI=1S/C65H128O5/c1-4-7-10-13-16-19-22-25-28-31-32-33-34-36-37-40-43-46-49-52-55-58-64(66)69-62-63(61-68-60-57-54-51-48-45-42-39-30-27-24-21-18-15-12-9-6-3)70-65(67)59-56-53-50-47-44-41-38-35-29-26-23-20-17-14-11-8-5-2/h63H,4-62H2,1-3H3/t63-/m1/s1. The summed E-state index contributed by atoms with van der Waals surface area (Å²) in [5, 5.41) is 0. The van der Waals surface area contributed by atoms with Crippen LogP contribution in [0.4, 0.5) is 0 Å². The molecule has 0 N–H and O–H groups in total. The molecule has 0 radical (unpaired) electrons. The maximum absolute atomic E-state index is 12.9. The van der Waals surface area contributed by atoms with Crippen molar-refractivity contribution >= 4 is 11.9 Å². The summed E-state index contributed by atoms with van der Waals surface area (Å²) < 4.78 is 17.6. The Morgan fingerprint density at radius 3 is 0.729 bits per heavy atom. The van der Waals surface area contributed by atoms with Crippen molar-refractivity contribution in [1.29, 1.82) is 0 Å². The molecule has 0 amide bonds. The van der Waals surface area contributed by atoms with Gasteiger partial charge >= 0.3 is 11.9 Å². The lowest BCUT2D eigenvalue weighted by Gasteiger charge is -2.18. The van der Waals surface area contributed by atoms with Gasteiger partial charge in [0.25, 0.3) is 0 Å². The molecule has 0 rings (SSSR count). The third-order valence-corrected chi connectivity index (χ3v) is 15.1. The molecule has 0 aliphatic heterocycles. The average Bonchev–Trinajstić information content (AvgIpc) is 3.36. The summed E-state index contributed by atoms with van der Waals surface area (Å²) in [7, 11) is 0. The van der Waals surface area contributed by atoms with Crippen LogP contribution in [-0.2, 0) is 23.8 Å². The fourth-order valence-corrected chi connectivity index (χ4v) is 10.3. The Labute approximate surface area is 440 Å². The van der Waals surface area contributed by atoms with Gasteiger partial charge in [0.05, 0.1) is 6.61 Å². The van der Waals surface area contributed by atoms with E-state index in [1.807, 2.05) is 0 Å². The number of ether oxygens (including phenoxy) is 3. The van der Waals surface area contributed by atoms with E-state index in [9.17, 15) is 9.59 Å². The Balaban J connectivity index is 4.15. The summed E-state index contributed by atoms with van der Waals surface area (Å²) in [6, 6.07) is 0. The van der Waals surface area contributed by atoms with Crippen LogP contribution in [0.5, 0.6) is 0 Å². The van der Waals surface area contributed by atoms with Gasteiger partial charge in [0.1, 0.15) is 6.61 Å². The van der Waals surface area contributed by atoms with E-state index in [0.29, 0.717) is 26.1 Å². The summed E-state index contributed by atoms with van der Waals surface area (Å²) in [6.45, 7) is 7.95. The minimum Gasteiger partial charge on any atom is -0.462 e. The molecule has 0 aromatic carbocycles. The first-order valence-electron chi connectivity index (χ1n) is 32.6. The Hall–Kier alpha value is -1.10. The zero-order valence-electron chi connectivity index (χ0n) is 48.3. The minimum absolute atomic E-state index is 0.0990. The third kappa shape index (κ3) is 59.5. The molecule has 0 saturated carbocycles. The van der Waals surface area contributed by atoms with E-state index in [-0.39, 0.29) is 18.5 Å². The molecule has 0 aliphatic carbocycles. The zero-order valence-corrected chi connectivity index (χ0v) is 48.3. The molecule has 0 unspecified atom stereocenters. The highest BCUT2D eigenvalue weighted by molar-refractivity contribution is 5.70. The molecule has 0 aliphatic rings. The lowest BCUT2D eigenvalue weighted by molar-refractivity contribution is -0.163. The highest BCUT2D eigenvalue weighted by Crippen LogP contribution is 2.19. The summed E-state index contributed by atoms with van der Waals surface area (Å²) in [6.07, 6.45) is 72.9. The van der Waals surface area contributed by atoms with Crippen molar-refractivity contribution in [2.24, 2.45) is 0 Å². The first-order valence-corrected chi connectivity index (χ1v) is 32.6. The van der Waals surface area contributed by atoms with Gasteiger partial charge in [-0.25, -0.2) is 0 Å². The maximum Gasteiger partial charge on any atom is 0.306 e. The highest BCUT2D eigenvalue weighted by Gasteiger charge is 2.18. The molecule has 0 fully saturated rings. The number of hydrogen-bond acceptors (Lipinski definition) is 5. The molecule has 5 heteroatoms. The van der Waals surface area contributed by atoms with E-state index in [1.54, 1.807) is 0 Å². The second-order valence-corrected chi connectivity index (χ2v) is 22.4. The average molecular weight is 990 g/mol. The number of unbranched alkanes of at least 4 members (excludes halogenated alkanes) is 51. The number of esters is 2. The topological polar surface area (TPSA) is 61.8 Å². The molecule has 0 aromatic heterocycles. The van der Waals surface area contributed by atoms with Crippen molar-refractivity contribution in [2.75, 3.05) is 19.8 Å². The van der Waals surface area contributed by atoms with Crippen molar-refractivity contribution < 1.29 is 23.8 Å². The Bertz CT molecular complexity index is 983. The van der Waals surface area contributed by atoms with Crippen LogP contribution in [0, 0.1) is 0 Å². The van der Waals surface area contributed by atoms with Crippen LogP contribution in [0.3, 0.4) is 0 Å². The first-order chi connectivity index (χ1) is 34.6. The van der Waals surface area contributed by atoms with Gasteiger partial charge in [-0.2, -0.15) is 0 Å². The van der Waals surface area contributed by atoms with Crippen molar-refractivity contribution in [2.45, 2.75) is 386 Å². The number of hydrogen-bond donors (Lipinski definition) is 0. The lowest BCUT2D eigenvalue weighted by Crippen LogP contribution is -2.30. The highest BCUT2D eigenvalue weighted by atomic mass is 16.6. The van der Waals surface area contributed by atoms with Gasteiger partial charge in [-0.15, -0.1) is 0 Å². The van der Waals surface area contributed by atoms with E-state index in [2.05, 4.69) is 20.8 Å². The molecule has 0 aromatic rings. The van der Waals surface area contributed by atoms with Crippen LogP contribution in [0.2, 0.25) is 0 Å². The number of carbonyl (C=O) groups is 2. The normalized spacial score (nSPS) is 12.0. The summed E-state index contributed by atoms with van der Waals surface area (Å²) in [4.78, 5) is 25.6. The molecular weight excluding hydrogens is 861 g/mol. The van der Waals surface area contributed by atoms with Gasteiger partial charge in [-0.3, -0.25) is 9.59 Å². The summed E-state index contributed by atoms with van der Waals surface area (Å²) >= 11 is 0. The summed E-state index contributed by atoms with van der Waals surface area (Å²) in [5.41, 5.74) is 0. The zero-order chi connectivity index (χ0) is 50.6. The second-order valence-electron chi connectivity index (χ2n) is 22.4. The van der Waals surface area contributed by atoms with E-state index in [0.717, 1.165) is 32.1 Å². The van der Waals surface area contributed by atoms with Crippen LogP contribution in [-0.4, -0.2) is 37.9 Å². The van der Waals surface area contributed by atoms with E-state index >= 15 is 0 Å². The number of carbonyl (C=O) groups excluding carboxylic acids is 2. The predicted molar refractivity (Wildman–Crippen MR) is 307 cm³/mol. The SMILES string of the molecule is CCCCCCCCCCCCCCCCCCCCCCCC(=O)OC[C@@H](COCCCCCCCCCCCCCCCCCC)OC(=O)CCCCCCCCCCCCCCCCCCC. The van der Waals surface area contributed by atoms with Crippen LogP contribution in [0.1, 0.15) is 380 Å². The lowest BCUT2D eigenvalue weighted by atomic mass is 10.0. The molecule has 1 atom stereocenters. The molecule has 0 bridgehead atoms. The van der Waals surface area contributed by atoms with Gasteiger partial charge in [-0.05, 0) is 19.3 Å². The Kier molecular flexibility index (Phi) is 61.2. The molecule has 5 nitrogen and oxygen atoms in total. The molecule has 0 heterocycles. The van der Waals surface area contributed by atoms with Gasteiger partial charge in [-0.1, -0.05) is 348 Å². The molecule has 0 saturated heterocycles. The molecular formula is C65H128O5.